The average Bonchev–Trinajstić information content (AvgIpc) is 2.87. The third-order valence-electron chi connectivity index (χ3n) is 6.58. The van der Waals surface area contributed by atoms with Crippen LogP contribution in [0.5, 0.6) is 11.5 Å². The highest BCUT2D eigenvalue weighted by molar-refractivity contribution is 5.82. The maximum Gasteiger partial charge on any atom is 0.308 e. The molecule has 2 atom stereocenters. The topological polar surface area (TPSA) is 77.8 Å². The van der Waals surface area contributed by atoms with E-state index >= 15 is 0 Å². The second-order valence-electron chi connectivity index (χ2n) is 8.92. The Kier molecular flexibility index (Phi) is 3.14. The quantitative estimate of drug-likeness (QED) is 0.723. The van der Waals surface area contributed by atoms with Crippen LogP contribution in [0.1, 0.15) is 56.4 Å². The van der Waals surface area contributed by atoms with E-state index in [1.54, 1.807) is 24.3 Å². The number of carboxylic acids is 1. The largest absolute Gasteiger partial charge is 0.508 e. The van der Waals surface area contributed by atoms with Crippen molar-refractivity contribution in [2.24, 2.45) is 5.92 Å². The fraction of sp³-hybridized carbons (Fsp3) is 0.409. The van der Waals surface area contributed by atoms with Crippen molar-refractivity contribution in [1.29, 1.82) is 0 Å². The molecule has 0 amide bonds. The van der Waals surface area contributed by atoms with Crippen LogP contribution in [0.3, 0.4) is 0 Å². The van der Waals surface area contributed by atoms with Crippen LogP contribution in [0.25, 0.3) is 0 Å². The molecule has 4 heteroatoms. The van der Waals surface area contributed by atoms with Gasteiger partial charge in [0.2, 0.25) is 0 Å². The van der Waals surface area contributed by atoms with E-state index in [-0.39, 0.29) is 16.9 Å². The minimum Gasteiger partial charge on any atom is -0.508 e. The van der Waals surface area contributed by atoms with E-state index in [0.717, 1.165) is 11.1 Å². The van der Waals surface area contributed by atoms with Crippen LogP contribution >= 0.6 is 0 Å². The van der Waals surface area contributed by atoms with Gasteiger partial charge in [0, 0.05) is 22.0 Å². The molecule has 0 bridgehead atoms. The first kappa shape index (κ1) is 17.0. The van der Waals surface area contributed by atoms with Crippen molar-refractivity contribution in [1.82, 2.24) is 0 Å². The van der Waals surface area contributed by atoms with Crippen LogP contribution in [0.4, 0.5) is 0 Å². The Balaban J connectivity index is 2.20. The highest BCUT2D eigenvalue weighted by Gasteiger charge is 2.66. The molecule has 2 aliphatic rings. The summed E-state index contributed by atoms with van der Waals surface area (Å²) < 4.78 is 0. The molecular weight excluding hydrogens is 328 g/mol. The summed E-state index contributed by atoms with van der Waals surface area (Å²) in [7, 11) is 0. The Morgan fingerprint density at radius 3 is 1.96 bits per heavy atom. The van der Waals surface area contributed by atoms with Crippen LogP contribution in [0, 0.1) is 5.92 Å². The number of aromatic hydroxyl groups is 2. The molecule has 2 aliphatic carbocycles. The number of rotatable bonds is 1. The van der Waals surface area contributed by atoms with Gasteiger partial charge in [0.15, 0.2) is 0 Å². The summed E-state index contributed by atoms with van der Waals surface area (Å²) in [4.78, 5) is 12.5. The molecule has 4 nitrogen and oxygen atoms in total. The Labute approximate surface area is 153 Å². The van der Waals surface area contributed by atoms with Gasteiger partial charge in [0.25, 0.3) is 0 Å². The van der Waals surface area contributed by atoms with Gasteiger partial charge in [0.1, 0.15) is 11.5 Å². The van der Waals surface area contributed by atoms with Crippen LogP contribution in [0.15, 0.2) is 36.4 Å². The van der Waals surface area contributed by atoms with Crippen LogP contribution in [0.2, 0.25) is 0 Å². The molecule has 3 N–H and O–H groups in total. The lowest BCUT2D eigenvalue weighted by Gasteiger charge is -2.37. The predicted molar refractivity (Wildman–Crippen MR) is 98.8 cm³/mol. The molecule has 0 saturated heterocycles. The predicted octanol–water partition coefficient (Wildman–Crippen LogP) is 4.06. The zero-order chi connectivity index (χ0) is 19.1. The summed E-state index contributed by atoms with van der Waals surface area (Å²) in [6, 6.07) is 10.7. The highest BCUT2D eigenvalue weighted by Crippen LogP contribution is 2.68. The van der Waals surface area contributed by atoms with Crippen LogP contribution in [-0.4, -0.2) is 21.3 Å². The van der Waals surface area contributed by atoms with Crippen molar-refractivity contribution in [3.63, 3.8) is 0 Å². The zero-order valence-corrected chi connectivity index (χ0v) is 15.5. The number of fused-ring (bicyclic) bond motifs is 4. The van der Waals surface area contributed by atoms with Crippen LogP contribution < -0.4 is 0 Å². The molecule has 1 spiro atoms. The zero-order valence-electron chi connectivity index (χ0n) is 15.5. The molecule has 136 valence electrons. The Bertz CT molecular complexity index is 922. The van der Waals surface area contributed by atoms with Gasteiger partial charge in [-0.25, -0.2) is 0 Å². The number of phenolic OH excluding ortho intramolecular Hbond substituents is 2. The fourth-order valence-electron chi connectivity index (χ4n) is 5.89. The summed E-state index contributed by atoms with van der Waals surface area (Å²) in [6.07, 6.45) is 0.526. The van der Waals surface area contributed by atoms with Crippen molar-refractivity contribution < 1.29 is 20.1 Å². The Morgan fingerprint density at radius 2 is 1.42 bits per heavy atom. The van der Waals surface area contributed by atoms with Gasteiger partial charge in [-0.3, -0.25) is 4.79 Å². The number of benzene rings is 2. The molecule has 2 unspecified atom stereocenters. The van der Waals surface area contributed by atoms with Gasteiger partial charge >= 0.3 is 5.97 Å². The summed E-state index contributed by atoms with van der Waals surface area (Å²) in [6.45, 7) is 7.99. The molecule has 0 aromatic heterocycles. The summed E-state index contributed by atoms with van der Waals surface area (Å²) >= 11 is 0. The number of phenols is 2. The van der Waals surface area contributed by atoms with E-state index in [0.29, 0.717) is 17.5 Å². The molecule has 2 aromatic carbocycles. The number of carboxylic acid groups (broad SMARTS) is 1. The number of carbonyl (C=O) groups is 1. The Hall–Kier alpha value is -2.49. The number of hydrogen-bond acceptors (Lipinski definition) is 3. The lowest BCUT2D eigenvalue weighted by atomic mass is 9.64. The smallest absolute Gasteiger partial charge is 0.308 e. The summed E-state index contributed by atoms with van der Waals surface area (Å²) in [5, 5.41) is 31.9. The maximum absolute atomic E-state index is 12.5. The van der Waals surface area contributed by atoms with Crippen LogP contribution in [-0.2, 0) is 21.0 Å². The molecule has 0 saturated carbocycles. The van der Waals surface area contributed by atoms with E-state index in [4.69, 9.17) is 0 Å². The first-order valence-corrected chi connectivity index (χ1v) is 8.94. The monoisotopic (exact) mass is 352 g/mol. The average molecular weight is 352 g/mol. The summed E-state index contributed by atoms with van der Waals surface area (Å²) in [5.74, 6) is -1.48. The molecule has 4 rings (SSSR count). The van der Waals surface area contributed by atoms with E-state index < -0.39 is 22.7 Å². The van der Waals surface area contributed by atoms with Gasteiger partial charge in [-0.05, 0) is 35.1 Å². The second kappa shape index (κ2) is 4.81. The fourth-order valence-corrected chi connectivity index (χ4v) is 5.89. The first-order valence-electron chi connectivity index (χ1n) is 8.94. The lowest BCUT2D eigenvalue weighted by Crippen LogP contribution is -2.43. The molecule has 26 heavy (non-hydrogen) atoms. The van der Waals surface area contributed by atoms with Crippen molar-refractivity contribution in [3.05, 3.63) is 58.7 Å². The van der Waals surface area contributed by atoms with Gasteiger partial charge in [-0.1, -0.05) is 52.0 Å². The number of aliphatic carboxylic acids is 1. The minimum atomic E-state index is -0.958. The maximum atomic E-state index is 12.5. The molecule has 0 aliphatic heterocycles. The van der Waals surface area contributed by atoms with Crippen molar-refractivity contribution >= 4 is 5.97 Å². The van der Waals surface area contributed by atoms with E-state index in [9.17, 15) is 20.1 Å². The lowest BCUT2D eigenvalue weighted by molar-refractivity contribution is -0.146. The Morgan fingerprint density at radius 1 is 0.923 bits per heavy atom. The molecule has 2 aromatic rings. The minimum absolute atomic E-state index is 0.103. The third kappa shape index (κ3) is 1.77. The molecule has 0 fully saturated rings. The van der Waals surface area contributed by atoms with Gasteiger partial charge < -0.3 is 15.3 Å². The summed E-state index contributed by atoms with van der Waals surface area (Å²) in [5.41, 5.74) is 1.16. The second-order valence-corrected chi connectivity index (χ2v) is 8.92. The first-order chi connectivity index (χ1) is 12.0. The van der Waals surface area contributed by atoms with E-state index in [1.165, 1.54) is 0 Å². The van der Waals surface area contributed by atoms with E-state index in [1.807, 2.05) is 26.0 Å². The third-order valence-corrected chi connectivity index (χ3v) is 6.58. The van der Waals surface area contributed by atoms with Crippen molar-refractivity contribution in [2.75, 3.05) is 0 Å². The number of hydrogen-bond donors (Lipinski definition) is 3. The SMILES string of the molecule is CC1(C)CC2(c3c(O)cccc31)c1c(O)cccc1C(C)(C)C2C(=O)O. The van der Waals surface area contributed by atoms with Gasteiger partial charge in [-0.2, -0.15) is 0 Å². The molecule has 0 heterocycles. The molecule has 0 radical (unpaired) electrons. The van der Waals surface area contributed by atoms with Crippen molar-refractivity contribution in [3.8, 4) is 11.5 Å². The van der Waals surface area contributed by atoms with Gasteiger partial charge in [0.05, 0.1) is 5.92 Å². The normalized spacial score (nSPS) is 27.3. The van der Waals surface area contributed by atoms with E-state index in [2.05, 4.69) is 13.8 Å². The highest BCUT2D eigenvalue weighted by atomic mass is 16.4. The van der Waals surface area contributed by atoms with Crippen molar-refractivity contribution in [2.45, 2.75) is 50.4 Å². The standard InChI is InChI=1S/C22H24O4/c1-20(2)11-22(16-12(20)7-5-9-14(16)23)17-13(8-6-10-15(17)24)21(3,4)18(22)19(25)26/h5-10,18,23-24H,11H2,1-4H3,(H,25,26). The van der Waals surface area contributed by atoms with Gasteiger partial charge in [-0.15, -0.1) is 0 Å². The molecular formula is C22H24O4.